The summed E-state index contributed by atoms with van der Waals surface area (Å²) in [6, 6.07) is 15.9. The van der Waals surface area contributed by atoms with Crippen LogP contribution in [0.25, 0.3) is 16.9 Å². The van der Waals surface area contributed by atoms with Gasteiger partial charge in [-0.2, -0.15) is 5.10 Å². The summed E-state index contributed by atoms with van der Waals surface area (Å²) in [6.07, 6.45) is 6.08. The third-order valence-electron chi connectivity index (χ3n) is 5.64. The second kappa shape index (κ2) is 9.41. The molecule has 0 atom stereocenters. The second-order valence-electron chi connectivity index (χ2n) is 7.71. The Hall–Kier alpha value is -2.70. The van der Waals surface area contributed by atoms with E-state index in [0.29, 0.717) is 12.2 Å². The Balaban J connectivity index is 0.00000256. The summed E-state index contributed by atoms with van der Waals surface area (Å²) < 4.78 is 15.1. The summed E-state index contributed by atoms with van der Waals surface area (Å²) in [7, 11) is 0. The van der Waals surface area contributed by atoms with Crippen molar-refractivity contribution in [3.8, 4) is 16.9 Å². The Morgan fingerprint density at radius 1 is 1.10 bits per heavy atom. The summed E-state index contributed by atoms with van der Waals surface area (Å²) in [5.41, 5.74) is 8.82. The second-order valence-corrected chi connectivity index (χ2v) is 7.71. The van der Waals surface area contributed by atoms with Crippen LogP contribution in [0.3, 0.4) is 0 Å². The number of amides is 1. The van der Waals surface area contributed by atoms with Gasteiger partial charge < -0.3 is 11.1 Å². The first kappa shape index (κ1) is 22.0. The van der Waals surface area contributed by atoms with Crippen LogP contribution in [-0.4, -0.2) is 27.8 Å². The van der Waals surface area contributed by atoms with Crippen LogP contribution in [0.1, 0.15) is 31.2 Å². The molecule has 0 radical (unpaired) electrons. The Morgan fingerprint density at radius 2 is 1.77 bits per heavy atom. The molecule has 1 aromatic heterocycles. The first-order chi connectivity index (χ1) is 14.1. The summed E-state index contributed by atoms with van der Waals surface area (Å²) in [6.45, 7) is 0.451. The van der Waals surface area contributed by atoms with E-state index in [0.717, 1.165) is 42.5 Å². The van der Waals surface area contributed by atoms with E-state index < -0.39 is 0 Å². The molecule has 1 saturated carbocycles. The number of nitrogens with one attached hydrogen (secondary N) is 1. The van der Waals surface area contributed by atoms with Gasteiger partial charge in [0.25, 0.3) is 0 Å². The molecule has 2 aromatic carbocycles. The lowest BCUT2D eigenvalue weighted by Crippen LogP contribution is -2.52. The summed E-state index contributed by atoms with van der Waals surface area (Å²) >= 11 is 0. The standard InChI is InChI=1S/C23H25FN4O.ClH/c24-19-10-8-17(9-11-19)22-18(15-28(27-22)20-6-2-1-3-7-20)14-21(29)26-23(16-25)12-4-5-13-23;/h1-3,6-11,15H,4-5,12-14,16,25H2,(H,26,29);1H. The topological polar surface area (TPSA) is 72.9 Å². The first-order valence-electron chi connectivity index (χ1n) is 10.00. The minimum atomic E-state index is -0.304. The monoisotopic (exact) mass is 428 g/mol. The smallest absolute Gasteiger partial charge is 0.225 e. The average molecular weight is 429 g/mol. The van der Waals surface area contributed by atoms with Crippen LogP contribution in [0.4, 0.5) is 4.39 Å². The molecule has 0 bridgehead atoms. The van der Waals surface area contributed by atoms with Crippen molar-refractivity contribution in [3.05, 3.63) is 72.2 Å². The Bertz CT molecular complexity index is 982. The lowest BCUT2D eigenvalue weighted by molar-refractivity contribution is -0.122. The van der Waals surface area contributed by atoms with E-state index in [1.54, 1.807) is 16.8 Å². The van der Waals surface area contributed by atoms with E-state index in [9.17, 15) is 9.18 Å². The number of carbonyl (C=O) groups is 1. The molecule has 4 rings (SSSR count). The van der Waals surface area contributed by atoms with E-state index in [4.69, 9.17) is 10.8 Å². The molecule has 0 spiro atoms. The third kappa shape index (κ3) is 4.71. The number of rotatable bonds is 6. The van der Waals surface area contributed by atoms with E-state index in [1.165, 1.54) is 12.1 Å². The van der Waals surface area contributed by atoms with Gasteiger partial charge in [0, 0.05) is 23.9 Å². The van der Waals surface area contributed by atoms with Crippen LogP contribution >= 0.6 is 12.4 Å². The molecule has 1 heterocycles. The molecule has 3 aromatic rings. The van der Waals surface area contributed by atoms with Crippen LogP contribution in [0.15, 0.2) is 60.8 Å². The highest BCUT2D eigenvalue weighted by Gasteiger charge is 2.34. The maximum Gasteiger partial charge on any atom is 0.225 e. The third-order valence-corrected chi connectivity index (χ3v) is 5.64. The van der Waals surface area contributed by atoms with Gasteiger partial charge in [0.2, 0.25) is 5.91 Å². The molecular weight excluding hydrogens is 403 g/mol. The van der Waals surface area contributed by atoms with Gasteiger partial charge in [0.05, 0.1) is 23.3 Å². The van der Waals surface area contributed by atoms with E-state index in [-0.39, 0.29) is 36.1 Å². The number of para-hydroxylation sites is 1. The number of hydrogen-bond acceptors (Lipinski definition) is 3. The van der Waals surface area contributed by atoms with Crippen LogP contribution in [0, 0.1) is 5.82 Å². The maximum atomic E-state index is 13.4. The minimum Gasteiger partial charge on any atom is -0.349 e. The zero-order valence-corrected chi connectivity index (χ0v) is 17.5. The van der Waals surface area contributed by atoms with Crippen LogP contribution in [-0.2, 0) is 11.2 Å². The zero-order chi connectivity index (χ0) is 20.3. The van der Waals surface area contributed by atoms with Crippen molar-refractivity contribution in [2.45, 2.75) is 37.6 Å². The Morgan fingerprint density at radius 3 is 2.40 bits per heavy atom. The highest BCUT2D eigenvalue weighted by atomic mass is 35.5. The van der Waals surface area contributed by atoms with Gasteiger partial charge in [0.1, 0.15) is 5.82 Å². The Labute approximate surface area is 181 Å². The number of nitrogens with two attached hydrogens (primary N) is 1. The molecule has 30 heavy (non-hydrogen) atoms. The van der Waals surface area contributed by atoms with Crippen LogP contribution in [0.5, 0.6) is 0 Å². The molecule has 1 aliphatic rings. The molecule has 0 saturated heterocycles. The fourth-order valence-electron chi connectivity index (χ4n) is 4.05. The minimum absolute atomic E-state index is 0. The van der Waals surface area contributed by atoms with Gasteiger partial charge >= 0.3 is 0 Å². The van der Waals surface area contributed by atoms with Gasteiger partial charge in [-0.25, -0.2) is 9.07 Å². The highest BCUT2D eigenvalue weighted by molar-refractivity contribution is 5.85. The molecule has 0 aliphatic heterocycles. The summed E-state index contributed by atoms with van der Waals surface area (Å²) in [5, 5.41) is 7.86. The van der Waals surface area contributed by atoms with Crippen molar-refractivity contribution in [1.82, 2.24) is 15.1 Å². The van der Waals surface area contributed by atoms with Crippen molar-refractivity contribution in [2.75, 3.05) is 6.54 Å². The molecule has 158 valence electrons. The van der Waals surface area contributed by atoms with Gasteiger partial charge in [-0.3, -0.25) is 4.79 Å². The molecule has 1 aliphatic carbocycles. The van der Waals surface area contributed by atoms with Crippen LogP contribution in [0.2, 0.25) is 0 Å². The fraction of sp³-hybridized carbons (Fsp3) is 0.304. The van der Waals surface area contributed by atoms with Gasteiger partial charge in [-0.05, 0) is 49.2 Å². The number of aromatic nitrogens is 2. The summed E-state index contributed by atoms with van der Waals surface area (Å²) in [5.74, 6) is -0.366. The van der Waals surface area contributed by atoms with Crippen molar-refractivity contribution in [2.24, 2.45) is 5.73 Å². The SMILES string of the molecule is Cl.NCC1(NC(=O)Cc2cn(-c3ccccc3)nc2-c2ccc(F)cc2)CCCC1. The number of benzene rings is 2. The van der Waals surface area contributed by atoms with Crippen LogP contribution < -0.4 is 11.1 Å². The Kier molecular flexibility index (Phi) is 6.90. The van der Waals surface area contributed by atoms with Gasteiger partial charge in [-0.15, -0.1) is 12.4 Å². The molecule has 0 unspecified atom stereocenters. The number of halogens is 2. The van der Waals surface area contributed by atoms with E-state index in [2.05, 4.69) is 5.32 Å². The van der Waals surface area contributed by atoms with Crippen molar-refractivity contribution in [3.63, 3.8) is 0 Å². The van der Waals surface area contributed by atoms with Crippen molar-refractivity contribution in [1.29, 1.82) is 0 Å². The number of hydrogen-bond donors (Lipinski definition) is 2. The van der Waals surface area contributed by atoms with Crippen molar-refractivity contribution < 1.29 is 9.18 Å². The number of nitrogens with zero attached hydrogens (tertiary/aromatic N) is 2. The molecule has 3 N–H and O–H groups in total. The molecule has 7 heteroatoms. The van der Waals surface area contributed by atoms with Crippen molar-refractivity contribution >= 4 is 18.3 Å². The summed E-state index contributed by atoms with van der Waals surface area (Å²) in [4.78, 5) is 12.9. The molecular formula is C23H26ClFN4O. The highest BCUT2D eigenvalue weighted by Crippen LogP contribution is 2.29. The lowest BCUT2D eigenvalue weighted by Gasteiger charge is -2.28. The molecule has 5 nitrogen and oxygen atoms in total. The zero-order valence-electron chi connectivity index (χ0n) is 16.7. The number of carbonyl (C=O) groups excluding carboxylic acids is 1. The maximum absolute atomic E-state index is 13.4. The van der Waals surface area contributed by atoms with E-state index in [1.807, 2.05) is 36.5 Å². The predicted octanol–water partition coefficient (Wildman–Crippen LogP) is 4.03. The fourth-order valence-corrected chi connectivity index (χ4v) is 4.05. The molecule has 1 amide bonds. The quantitative estimate of drug-likeness (QED) is 0.622. The molecule has 1 fully saturated rings. The normalized spacial score (nSPS) is 14.9. The van der Waals surface area contributed by atoms with E-state index >= 15 is 0 Å². The first-order valence-corrected chi connectivity index (χ1v) is 10.00. The predicted molar refractivity (Wildman–Crippen MR) is 118 cm³/mol. The average Bonchev–Trinajstić information content (AvgIpc) is 3.37. The van der Waals surface area contributed by atoms with Gasteiger partial charge in [0.15, 0.2) is 0 Å². The largest absolute Gasteiger partial charge is 0.349 e. The lowest BCUT2D eigenvalue weighted by atomic mass is 9.97. The van der Waals surface area contributed by atoms with Gasteiger partial charge in [-0.1, -0.05) is 31.0 Å².